The molecule has 0 unspecified atom stereocenters. The SMILES string of the molecule is NS(=O)(=O)c1ccc(C2OCCO2)o1. The average molecular weight is 219 g/mol. The molecule has 1 aromatic heterocycles. The van der Waals surface area contributed by atoms with Gasteiger partial charge in [-0.1, -0.05) is 0 Å². The van der Waals surface area contributed by atoms with E-state index in [0.29, 0.717) is 19.0 Å². The van der Waals surface area contributed by atoms with E-state index in [-0.39, 0.29) is 5.09 Å². The van der Waals surface area contributed by atoms with Crippen LogP contribution in [0, 0.1) is 0 Å². The number of hydrogen-bond acceptors (Lipinski definition) is 5. The minimum atomic E-state index is -3.79. The van der Waals surface area contributed by atoms with E-state index in [1.54, 1.807) is 0 Å². The van der Waals surface area contributed by atoms with Crippen LogP contribution in [0.25, 0.3) is 0 Å². The molecule has 78 valence electrons. The van der Waals surface area contributed by atoms with Crippen molar-refractivity contribution in [2.24, 2.45) is 5.14 Å². The largest absolute Gasteiger partial charge is 0.443 e. The van der Waals surface area contributed by atoms with Crippen molar-refractivity contribution in [1.82, 2.24) is 0 Å². The molecule has 2 rings (SSSR count). The van der Waals surface area contributed by atoms with Crippen LogP contribution >= 0.6 is 0 Å². The molecule has 0 amide bonds. The molecule has 1 aliphatic heterocycles. The molecule has 2 N–H and O–H groups in total. The standard InChI is InChI=1S/C7H9NO5S/c8-14(9,10)6-2-1-5(13-6)7-11-3-4-12-7/h1-2,7H,3-4H2,(H2,8,9,10). The van der Waals surface area contributed by atoms with E-state index < -0.39 is 16.3 Å². The zero-order valence-electron chi connectivity index (χ0n) is 7.17. The van der Waals surface area contributed by atoms with Gasteiger partial charge >= 0.3 is 0 Å². The Balaban J connectivity index is 2.25. The Kier molecular flexibility index (Phi) is 2.31. The second kappa shape index (κ2) is 3.35. The molecule has 7 heteroatoms. The number of hydrogen-bond donors (Lipinski definition) is 1. The van der Waals surface area contributed by atoms with Crippen molar-refractivity contribution in [3.63, 3.8) is 0 Å². The van der Waals surface area contributed by atoms with Crippen molar-refractivity contribution in [2.75, 3.05) is 13.2 Å². The Morgan fingerprint density at radius 3 is 2.43 bits per heavy atom. The zero-order valence-corrected chi connectivity index (χ0v) is 7.99. The lowest BCUT2D eigenvalue weighted by atomic mass is 10.4. The number of furan rings is 1. The van der Waals surface area contributed by atoms with E-state index in [2.05, 4.69) is 0 Å². The summed E-state index contributed by atoms with van der Waals surface area (Å²) in [5.41, 5.74) is 0. The highest BCUT2D eigenvalue weighted by atomic mass is 32.2. The summed E-state index contributed by atoms with van der Waals surface area (Å²) < 4.78 is 36.9. The van der Waals surface area contributed by atoms with Gasteiger partial charge in [0.05, 0.1) is 13.2 Å². The topological polar surface area (TPSA) is 91.8 Å². The number of nitrogens with two attached hydrogens (primary N) is 1. The molecular weight excluding hydrogens is 210 g/mol. The van der Waals surface area contributed by atoms with E-state index in [4.69, 9.17) is 19.0 Å². The van der Waals surface area contributed by atoms with Crippen LogP contribution in [0.1, 0.15) is 12.1 Å². The fraction of sp³-hybridized carbons (Fsp3) is 0.429. The Morgan fingerprint density at radius 2 is 1.93 bits per heavy atom. The fourth-order valence-corrected chi connectivity index (χ4v) is 1.61. The Bertz CT molecular complexity index is 417. The summed E-state index contributed by atoms with van der Waals surface area (Å²) in [6.07, 6.45) is -0.620. The first-order chi connectivity index (χ1) is 6.57. The normalized spacial score (nSPS) is 18.9. The van der Waals surface area contributed by atoms with Crippen molar-refractivity contribution >= 4 is 10.0 Å². The van der Waals surface area contributed by atoms with Crippen molar-refractivity contribution in [3.8, 4) is 0 Å². The van der Waals surface area contributed by atoms with Gasteiger partial charge in [-0.15, -0.1) is 0 Å². The minimum absolute atomic E-state index is 0.286. The Morgan fingerprint density at radius 1 is 1.29 bits per heavy atom. The molecule has 1 aromatic rings. The molecule has 2 heterocycles. The van der Waals surface area contributed by atoms with Gasteiger partial charge in [0.25, 0.3) is 10.0 Å². The quantitative estimate of drug-likeness (QED) is 0.754. The van der Waals surface area contributed by atoms with E-state index in [1.807, 2.05) is 0 Å². The molecule has 0 atom stereocenters. The van der Waals surface area contributed by atoms with Crippen molar-refractivity contribution < 1.29 is 22.3 Å². The number of rotatable bonds is 2. The van der Waals surface area contributed by atoms with Crippen LogP contribution in [0.2, 0.25) is 0 Å². The van der Waals surface area contributed by atoms with Crippen LogP contribution < -0.4 is 5.14 Å². The van der Waals surface area contributed by atoms with E-state index >= 15 is 0 Å². The number of sulfonamides is 1. The minimum Gasteiger partial charge on any atom is -0.443 e. The fourth-order valence-electron chi connectivity index (χ4n) is 1.14. The molecule has 14 heavy (non-hydrogen) atoms. The maximum atomic E-state index is 10.9. The lowest BCUT2D eigenvalue weighted by Gasteiger charge is -2.03. The van der Waals surface area contributed by atoms with Gasteiger partial charge in [0.1, 0.15) is 0 Å². The highest BCUT2D eigenvalue weighted by Gasteiger charge is 2.23. The first-order valence-corrected chi connectivity index (χ1v) is 5.48. The third-order valence-corrected chi connectivity index (χ3v) is 2.52. The molecule has 0 radical (unpaired) electrons. The van der Waals surface area contributed by atoms with Gasteiger partial charge in [-0.05, 0) is 12.1 Å². The van der Waals surface area contributed by atoms with Gasteiger partial charge in [0.15, 0.2) is 5.76 Å². The van der Waals surface area contributed by atoms with Gasteiger partial charge in [0, 0.05) is 0 Å². The summed E-state index contributed by atoms with van der Waals surface area (Å²) in [4.78, 5) is 0. The van der Waals surface area contributed by atoms with Crippen LogP contribution in [0.15, 0.2) is 21.6 Å². The maximum Gasteiger partial charge on any atom is 0.271 e. The van der Waals surface area contributed by atoms with Crippen molar-refractivity contribution in [3.05, 3.63) is 17.9 Å². The highest BCUT2D eigenvalue weighted by molar-refractivity contribution is 7.89. The lowest BCUT2D eigenvalue weighted by Crippen LogP contribution is -2.10. The van der Waals surface area contributed by atoms with Crippen LogP contribution in [0.5, 0.6) is 0 Å². The molecule has 1 aliphatic rings. The summed E-state index contributed by atoms with van der Waals surface area (Å²) in [5, 5.41) is 4.58. The first-order valence-electron chi connectivity index (χ1n) is 3.93. The molecule has 0 saturated carbocycles. The molecule has 1 saturated heterocycles. The molecule has 6 nitrogen and oxygen atoms in total. The maximum absolute atomic E-state index is 10.9. The molecule has 1 fully saturated rings. The summed E-state index contributed by atoms with van der Waals surface area (Å²) in [5.74, 6) is 0.312. The average Bonchev–Trinajstić information content (AvgIpc) is 2.73. The van der Waals surface area contributed by atoms with Crippen LogP contribution in [-0.2, 0) is 19.5 Å². The van der Waals surface area contributed by atoms with Crippen molar-refractivity contribution in [1.29, 1.82) is 0 Å². The predicted molar refractivity (Wildman–Crippen MR) is 44.7 cm³/mol. The highest BCUT2D eigenvalue weighted by Crippen LogP contribution is 2.25. The smallest absolute Gasteiger partial charge is 0.271 e. The lowest BCUT2D eigenvalue weighted by molar-refractivity contribution is -0.0607. The van der Waals surface area contributed by atoms with E-state index in [9.17, 15) is 8.42 Å². The molecule has 0 aliphatic carbocycles. The Hall–Kier alpha value is -0.890. The third-order valence-electron chi connectivity index (χ3n) is 1.74. The van der Waals surface area contributed by atoms with Gasteiger partial charge in [-0.3, -0.25) is 0 Å². The molecular formula is C7H9NO5S. The summed E-state index contributed by atoms with van der Waals surface area (Å²) in [7, 11) is -3.79. The second-order valence-corrected chi connectivity index (χ2v) is 4.27. The summed E-state index contributed by atoms with van der Waals surface area (Å²) >= 11 is 0. The molecule has 0 bridgehead atoms. The molecule has 0 spiro atoms. The van der Waals surface area contributed by atoms with Crippen LogP contribution in [0.4, 0.5) is 0 Å². The van der Waals surface area contributed by atoms with Gasteiger partial charge < -0.3 is 13.9 Å². The molecule has 0 aromatic carbocycles. The third kappa shape index (κ3) is 1.80. The van der Waals surface area contributed by atoms with E-state index in [0.717, 1.165) is 0 Å². The first kappa shape index (κ1) is 9.66. The second-order valence-electron chi connectivity index (χ2n) is 2.78. The predicted octanol–water partition coefficient (Wildman–Crippen LogP) is -0.0276. The number of primary sulfonamides is 1. The zero-order chi connectivity index (χ0) is 10.2. The number of ether oxygens (including phenoxy) is 2. The van der Waals surface area contributed by atoms with Gasteiger partial charge in [0.2, 0.25) is 11.4 Å². The van der Waals surface area contributed by atoms with Crippen LogP contribution in [0.3, 0.4) is 0 Å². The Labute approximate surface area is 80.6 Å². The van der Waals surface area contributed by atoms with Crippen molar-refractivity contribution in [2.45, 2.75) is 11.4 Å². The van der Waals surface area contributed by atoms with Crippen LogP contribution in [-0.4, -0.2) is 21.6 Å². The monoisotopic (exact) mass is 219 g/mol. The van der Waals surface area contributed by atoms with Gasteiger partial charge in [-0.2, -0.15) is 0 Å². The van der Waals surface area contributed by atoms with Gasteiger partial charge in [-0.25, -0.2) is 13.6 Å². The summed E-state index contributed by atoms with van der Waals surface area (Å²) in [6.45, 7) is 0.937. The van der Waals surface area contributed by atoms with E-state index in [1.165, 1.54) is 12.1 Å². The summed E-state index contributed by atoms with van der Waals surface area (Å²) in [6, 6.07) is 2.74.